The van der Waals surface area contributed by atoms with E-state index in [2.05, 4.69) is 6.07 Å². The van der Waals surface area contributed by atoms with Crippen molar-refractivity contribution in [1.29, 1.82) is 0 Å². The third-order valence-corrected chi connectivity index (χ3v) is 3.84. The summed E-state index contributed by atoms with van der Waals surface area (Å²) in [5, 5.41) is 2.03. The van der Waals surface area contributed by atoms with Crippen LogP contribution in [0.2, 0.25) is 0 Å². The monoisotopic (exact) mass is 295 g/mol. The van der Waals surface area contributed by atoms with E-state index in [-0.39, 0.29) is 17.4 Å². The quantitative estimate of drug-likeness (QED) is 0.656. The maximum atomic E-state index is 13.7. The zero-order chi connectivity index (χ0) is 13.7. The summed E-state index contributed by atoms with van der Waals surface area (Å²) < 4.78 is 19.2. The number of hydrogen-bond donors (Lipinski definition) is 1. The molecule has 19 heavy (non-hydrogen) atoms. The average Bonchev–Trinajstić information content (AvgIpc) is 2.89. The highest BCUT2D eigenvalue weighted by Gasteiger charge is 2.05. The highest BCUT2D eigenvalue weighted by atomic mass is 32.1. The Morgan fingerprint density at radius 1 is 1.37 bits per heavy atom. The second-order valence-electron chi connectivity index (χ2n) is 4.05. The van der Waals surface area contributed by atoms with Crippen molar-refractivity contribution >= 4 is 28.5 Å². The topological polar surface area (TPSA) is 35.2 Å². The summed E-state index contributed by atoms with van der Waals surface area (Å²) in [4.78, 5) is 1.47. The number of halogens is 1. The number of ether oxygens (including phenoxy) is 1. The van der Waals surface area contributed by atoms with Crippen molar-refractivity contribution in [2.24, 2.45) is 5.73 Å². The van der Waals surface area contributed by atoms with Crippen molar-refractivity contribution in [2.45, 2.75) is 13.0 Å². The van der Waals surface area contributed by atoms with Gasteiger partial charge in [0.1, 0.15) is 10.8 Å². The van der Waals surface area contributed by atoms with Crippen molar-refractivity contribution in [2.75, 3.05) is 6.61 Å². The van der Waals surface area contributed by atoms with E-state index >= 15 is 0 Å². The molecule has 100 valence electrons. The highest BCUT2D eigenvalue weighted by Crippen LogP contribution is 2.13. The zero-order valence-corrected chi connectivity index (χ0v) is 11.9. The molecule has 0 aliphatic rings. The predicted molar refractivity (Wildman–Crippen MR) is 80.0 cm³/mol. The lowest BCUT2D eigenvalue weighted by molar-refractivity contribution is 0.122. The molecule has 0 spiro atoms. The number of benzene rings is 1. The summed E-state index contributed by atoms with van der Waals surface area (Å²) in [6.07, 6.45) is 0.851. The Labute approximate surface area is 121 Å². The summed E-state index contributed by atoms with van der Waals surface area (Å²) in [6, 6.07) is 8.79. The molecule has 0 bridgehead atoms. The summed E-state index contributed by atoms with van der Waals surface area (Å²) >= 11 is 6.49. The largest absolute Gasteiger partial charge is 0.389 e. The SMILES string of the molecule is NC(=S)c1ccc(COCCc2cccs2)c(F)c1. The van der Waals surface area contributed by atoms with Crippen LogP contribution in [-0.4, -0.2) is 11.6 Å². The molecule has 0 unspecified atom stereocenters. The number of rotatable bonds is 6. The van der Waals surface area contributed by atoms with Gasteiger partial charge in [0.05, 0.1) is 13.2 Å². The van der Waals surface area contributed by atoms with E-state index in [9.17, 15) is 4.39 Å². The fourth-order valence-corrected chi connectivity index (χ4v) is 2.44. The van der Waals surface area contributed by atoms with Crippen molar-refractivity contribution in [3.05, 3.63) is 57.5 Å². The van der Waals surface area contributed by atoms with Crippen LogP contribution in [0.15, 0.2) is 35.7 Å². The van der Waals surface area contributed by atoms with Gasteiger partial charge in [0.15, 0.2) is 0 Å². The van der Waals surface area contributed by atoms with Crippen LogP contribution in [0.4, 0.5) is 4.39 Å². The van der Waals surface area contributed by atoms with Crippen LogP contribution in [0.5, 0.6) is 0 Å². The maximum Gasteiger partial charge on any atom is 0.129 e. The van der Waals surface area contributed by atoms with Gasteiger partial charge in [0.25, 0.3) is 0 Å². The Morgan fingerprint density at radius 2 is 2.21 bits per heavy atom. The Bertz CT molecular complexity index is 555. The first-order valence-corrected chi connectivity index (χ1v) is 7.14. The standard InChI is InChI=1S/C14H14FNOS2/c15-13-8-10(14(16)18)3-4-11(13)9-17-6-5-12-2-1-7-19-12/h1-4,7-8H,5-6,9H2,(H2,16,18). The number of thiocarbonyl (C=S) groups is 1. The Balaban J connectivity index is 1.84. The van der Waals surface area contributed by atoms with Gasteiger partial charge in [0, 0.05) is 22.4 Å². The molecular weight excluding hydrogens is 281 g/mol. The number of hydrogen-bond acceptors (Lipinski definition) is 3. The summed E-state index contributed by atoms with van der Waals surface area (Å²) in [5.41, 5.74) is 6.50. The minimum absolute atomic E-state index is 0.198. The first-order valence-electron chi connectivity index (χ1n) is 5.85. The summed E-state index contributed by atoms with van der Waals surface area (Å²) in [6.45, 7) is 0.839. The molecule has 0 atom stereocenters. The van der Waals surface area contributed by atoms with Crippen molar-refractivity contribution in [3.8, 4) is 0 Å². The number of nitrogens with two attached hydrogens (primary N) is 1. The molecule has 1 aromatic carbocycles. The Kier molecular flexibility index (Phi) is 5.01. The van der Waals surface area contributed by atoms with E-state index in [1.165, 1.54) is 10.9 Å². The van der Waals surface area contributed by atoms with Crippen LogP contribution in [0.25, 0.3) is 0 Å². The van der Waals surface area contributed by atoms with Gasteiger partial charge in [-0.3, -0.25) is 0 Å². The molecule has 2 rings (SSSR count). The molecule has 0 aliphatic heterocycles. The van der Waals surface area contributed by atoms with Crippen LogP contribution in [0, 0.1) is 5.82 Å². The lowest BCUT2D eigenvalue weighted by atomic mass is 10.1. The summed E-state index contributed by atoms with van der Waals surface area (Å²) in [7, 11) is 0. The minimum Gasteiger partial charge on any atom is -0.389 e. The van der Waals surface area contributed by atoms with E-state index < -0.39 is 0 Å². The second-order valence-corrected chi connectivity index (χ2v) is 5.52. The van der Waals surface area contributed by atoms with Crippen LogP contribution >= 0.6 is 23.6 Å². The van der Waals surface area contributed by atoms with Crippen LogP contribution in [0.1, 0.15) is 16.0 Å². The molecule has 1 aromatic heterocycles. The fourth-order valence-electron chi connectivity index (χ4n) is 1.63. The van der Waals surface area contributed by atoms with Crippen molar-refractivity contribution in [3.63, 3.8) is 0 Å². The van der Waals surface area contributed by atoms with E-state index in [1.807, 2.05) is 11.4 Å². The maximum absolute atomic E-state index is 13.7. The molecule has 5 heteroatoms. The normalized spacial score (nSPS) is 10.6. The van der Waals surface area contributed by atoms with Gasteiger partial charge in [-0.05, 0) is 17.5 Å². The predicted octanol–water partition coefficient (Wildman–Crippen LogP) is 3.28. The van der Waals surface area contributed by atoms with E-state index in [0.717, 1.165) is 6.42 Å². The zero-order valence-electron chi connectivity index (χ0n) is 10.3. The molecule has 0 fully saturated rings. The molecule has 0 saturated heterocycles. The number of thiophene rings is 1. The first kappa shape index (κ1) is 14.1. The first-order chi connectivity index (χ1) is 9.16. The Morgan fingerprint density at radius 3 is 2.84 bits per heavy atom. The van der Waals surface area contributed by atoms with Crippen molar-refractivity contribution in [1.82, 2.24) is 0 Å². The summed E-state index contributed by atoms with van der Waals surface area (Å²) in [5.74, 6) is -0.332. The molecular formula is C14H14FNOS2. The highest BCUT2D eigenvalue weighted by molar-refractivity contribution is 7.80. The molecule has 1 heterocycles. The third-order valence-electron chi connectivity index (χ3n) is 2.67. The third kappa shape index (κ3) is 4.09. The molecule has 2 aromatic rings. The van der Waals surface area contributed by atoms with E-state index in [1.54, 1.807) is 23.5 Å². The van der Waals surface area contributed by atoms with Gasteiger partial charge < -0.3 is 10.5 Å². The average molecular weight is 295 g/mol. The van der Waals surface area contributed by atoms with Gasteiger partial charge in [0.2, 0.25) is 0 Å². The second kappa shape index (κ2) is 6.75. The lowest BCUT2D eigenvalue weighted by Gasteiger charge is -2.06. The molecule has 0 aliphatic carbocycles. The van der Waals surface area contributed by atoms with Gasteiger partial charge in [-0.1, -0.05) is 30.4 Å². The van der Waals surface area contributed by atoms with Crippen molar-refractivity contribution < 1.29 is 9.13 Å². The molecule has 0 amide bonds. The smallest absolute Gasteiger partial charge is 0.129 e. The Hall–Kier alpha value is -1.30. The van der Waals surface area contributed by atoms with Crippen LogP contribution in [0.3, 0.4) is 0 Å². The molecule has 2 nitrogen and oxygen atoms in total. The van der Waals surface area contributed by atoms with Crippen LogP contribution in [-0.2, 0) is 17.8 Å². The lowest BCUT2D eigenvalue weighted by Crippen LogP contribution is -2.10. The van der Waals surface area contributed by atoms with E-state index in [0.29, 0.717) is 17.7 Å². The molecule has 0 radical (unpaired) electrons. The van der Waals surface area contributed by atoms with E-state index in [4.69, 9.17) is 22.7 Å². The van der Waals surface area contributed by atoms with Gasteiger partial charge in [-0.15, -0.1) is 11.3 Å². The van der Waals surface area contributed by atoms with Gasteiger partial charge in [-0.25, -0.2) is 4.39 Å². The van der Waals surface area contributed by atoms with Crippen LogP contribution < -0.4 is 5.73 Å². The molecule has 2 N–H and O–H groups in total. The fraction of sp³-hybridized carbons (Fsp3) is 0.214. The van der Waals surface area contributed by atoms with Gasteiger partial charge in [-0.2, -0.15) is 0 Å². The molecule has 0 saturated carbocycles. The van der Waals surface area contributed by atoms with Gasteiger partial charge >= 0.3 is 0 Å². The minimum atomic E-state index is -0.332.